The van der Waals surface area contributed by atoms with Gasteiger partial charge in [-0.05, 0) is 12.0 Å². The van der Waals surface area contributed by atoms with E-state index in [0.29, 0.717) is 0 Å². The van der Waals surface area contributed by atoms with Gasteiger partial charge in [-0.15, -0.1) is 0 Å². The van der Waals surface area contributed by atoms with Crippen molar-refractivity contribution in [1.82, 2.24) is 14.8 Å². The van der Waals surface area contributed by atoms with Crippen molar-refractivity contribution in [1.29, 1.82) is 0 Å². The zero-order valence-electron chi connectivity index (χ0n) is 8.20. The molecule has 1 aromatic rings. The van der Waals surface area contributed by atoms with E-state index < -0.39 is 0 Å². The van der Waals surface area contributed by atoms with E-state index in [1.54, 1.807) is 11.0 Å². The molecular formula is C10H15N3. The SMILES string of the molecule is C=C/C(=C\n1ncnc1CC)CC. The molecule has 0 atom stereocenters. The van der Waals surface area contributed by atoms with Crippen molar-refractivity contribution in [3.05, 3.63) is 30.4 Å². The molecule has 0 radical (unpaired) electrons. The van der Waals surface area contributed by atoms with Crippen molar-refractivity contribution in [3.8, 4) is 0 Å². The zero-order chi connectivity index (χ0) is 9.68. The topological polar surface area (TPSA) is 30.7 Å². The van der Waals surface area contributed by atoms with Gasteiger partial charge in [-0.25, -0.2) is 9.67 Å². The maximum absolute atomic E-state index is 4.13. The Morgan fingerprint density at radius 1 is 1.62 bits per heavy atom. The van der Waals surface area contributed by atoms with E-state index in [2.05, 4.69) is 30.5 Å². The van der Waals surface area contributed by atoms with Crippen LogP contribution >= 0.6 is 0 Å². The van der Waals surface area contributed by atoms with Crippen molar-refractivity contribution >= 4 is 6.20 Å². The van der Waals surface area contributed by atoms with Crippen molar-refractivity contribution in [2.24, 2.45) is 0 Å². The van der Waals surface area contributed by atoms with Crippen LogP contribution in [0.4, 0.5) is 0 Å². The molecule has 1 heterocycles. The van der Waals surface area contributed by atoms with E-state index in [0.717, 1.165) is 18.7 Å². The molecular weight excluding hydrogens is 162 g/mol. The molecule has 1 aromatic heterocycles. The van der Waals surface area contributed by atoms with E-state index in [-0.39, 0.29) is 0 Å². The first kappa shape index (κ1) is 9.71. The predicted octanol–water partition coefficient (Wildman–Crippen LogP) is 2.28. The molecule has 0 saturated heterocycles. The number of aryl methyl sites for hydroxylation is 1. The number of hydrogen-bond donors (Lipinski definition) is 0. The van der Waals surface area contributed by atoms with Gasteiger partial charge in [-0.3, -0.25) is 0 Å². The Hall–Kier alpha value is -1.38. The van der Waals surface area contributed by atoms with Crippen LogP contribution in [0.5, 0.6) is 0 Å². The molecule has 0 spiro atoms. The van der Waals surface area contributed by atoms with Gasteiger partial charge in [0.1, 0.15) is 12.2 Å². The van der Waals surface area contributed by atoms with Gasteiger partial charge in [0.05, 0.1) is 0 Å². The van der Waals surface area contributed by atoms with Crippen LogP contribution in [0.25, 0.3) is 6.20 Å². The second kappa shape index (κ2) is 4.60. The van der Waals surface area contributed by atoms with Crippen LogP contribution < -0.4 is 0 Å². The predicted molar refractivity (Wildman–Crippen MR) is 54.2 cm³/mol. The molecule has 3 heteroatoms. The summed E-state index contributed by atoms with van der Waals surface area (Å²) in [5.41, 5.74) is 1.17. The van der Waals surface area contributed by atoms with Gasteiger partial charge in [-0.1, -0.05) is 26.5 Å². The molecule has 0 aliphatic heterocycles. The largest absolute Gasteiger partial charge is 0.225 e. The van der Waals surface area contributed by atoms with E-state index >= 15 is 0 Å². The molecule has 0 aliphatic rings. The molecule has 3 nitrogen and oxygen atoms in total. The van der Waals surface area contributed by atoms with Crippen LogP contribution in [-0.2, 0) is 6.42 Å². The number of aromatic nitrogens is 3. The normalized spacial score (nSPS) is 11.7. The summed E-state index contributed by atoms with van der Waals surface area (Å²) in [6.07, 6.45) is 7.25. The second-order valence-electron chi connectivity index (χ2n) is 2.74. The Labute approximate surface area is 78.8 Å². The number of hydrogen-bond acceptors (Lipinski definition) is 2. The summed E-state index contributed by atoms with van der Waals surface area (Å²) < 4.78 is 1.81. The van der Waals surface area contributed by atoms with Crippen LogP contribution in [0.3, 0.4) is 0 Å². The maximum Gasteiger partial charge on any atom is 0.138 e. The van der Waals surface area contributed by atoms with Crippen LogP contribution in [-0.4, -0.2) is 14.8 Å². The summed E-state index contributed by atoms with van der Waals surface area (Å²) in [5, 5.41) is 4.10. The van der Waals surface area contributed by atoms with Gasteiger partial charge in [-0.2, -0.15) is 5.10 Å². The van der Waals surface area contributed by atoms with E-state index in [1.165, 1.54) is 5.57 Å². The first-order valence-corrected chi connectivity index (χ1v) is 4.53. The van der Waals surface area contributed by atoms with E-state index in [1.807, 2.05) is 12.3 Å². The third-order valence-electron chi connectivity index (χ3n) is 1.92. The Kier molecular flexibility index (Phi) is 3.43. The molecule has 0 aromatic carbocycles. The molecule has 13 heavy (non-hydrogen) atoms. The smallest absolute Gasteiger partial charge is 0.138 e. The highest BCUT2D eigenvalue weighted by Gasteiger charge is 1.98. The lowest BCUT2D eigenvalue weighted by Gasteiger charge is -1.99. The number of allylic oxidation sites excluding steroid dienone is 2. The summed E-state index contributed by atoms with van der Waals surface area (Å²) in [4.78, 5) is 4.13. The summed E-state index contributed by atoms with van der Waals surface area (Å²) >= 11 is 0. The molecule has 0 fully saturated rings. The molecule has 0 aliphatic carbocycles. The highest BCUT2D eigenvalue weighted by molar-refractivity contribution is 5.36. The highest BCUT2D eigenvalue weighted by atomic mass is 15.3. The Morgan fingerprint density at radius 3 is 2.92 bits per heavy atom. The van der Waals surface area contributed by atoms with Crippen LogP contribution in [0.15, 0.2) is 24.6 Å². The summed E-state index contributed by atoms with van der Waals surface area (Å²) in [6.45, 7) is 7.89. The van der Waals surface area contributed by atoms with Gasteiger partial charge < -0.3 is 0 Å². The van der Waals surface area contributed by atoms with E-state index in [4.69, 9.17) is 0 Å². The van der Waals surface area contributed by atoms with Gasteiger partial charge in [0.15, 0.2) is 0 Å². The lowest BCUT2D eigenvalue weighted by molar-refractivity contribution is 0.835. The highest BCUT2D eigenvalue weighted by Crippen LogP contribution is 2.05. The van der Waals surface area contributed by atoms with Crippen LogP contribution in [0, 0.1) is 0 Å². The standard InChI is InChI=1S/C10H15N3/c1-4-9(5-2)7-13-10(6-3)11-8-12-13/h4,7-8H,1,5-6H2,2-3H3/b9-7+. The fourth-order valence-corrected chi connectivity index (χ4v) is 1.08. The minimum absolute atomic E-state index is 0.893. The van der Waals surface area contributed by atoms with Gasteiger partial charge in [0, 0.05) is 12.6 Å². The fourth-order valence-electron chi connectivity index (χ4n) is 1.08. The van der Waals surface area contributed by atoms with Crippen LogP contribution in [0.1, 0.15) is 26.1 Å². The van der Waals surface area contributed by atoms with Gasteiger partial charge in [0.2, 0.25) is 0 Å². The summed E-state index contributed by atoms with van der Waals surface area (Å²) in [7, 11) is 0. The lowest BCUT2D eigenvalue weighted by atomic mass is 10.2. The Bertz CT molecular complexity index is 310. The molecule has 70 valence electrons. The second-order valence-corrected chi connectivity index (χ2v) is 2.74. The molecule has 0 unspecified atom stereocenters. The van der Waals surface area contributed by atoms with Gasteiger partial charge in [0.25, 0.3) is 0 Å². The molecule has 0 amide bonds. The summed E-state index contributed by atoms with van der Waals surface area (Å²) in [6, 6.07) is 0. The minimum atomic E-state index is 0.893. The fraction of sp³-hybridized carbons (Fsp3) is 0.400. The molecule has 0 saturated carbocycles. The third kappa shape index (κ3) is 2.28. The lowest BCUT2D eigenvalue weighted by Crippen LogP contribution is -1.97. The minimum Gasteiger partial charge on any atom is -0.225 e. The van der Waals surface area contributed by atoms with Crippen LogP contribution in [0.2, 0.25) is 0 Å². The maximum atomic E-state index is 4.13. The third-order valence-corrected chi connectivity index (χ3v) is 1.92. The van der Waals surface area contributed by atoms with Crippen molar-refractivity contribution < 1.29 is 0 Å². The molecule has 0 N–H and O–H groups in total. The number of nitrogens with zero attached hydrogens (tertiary/aromatic N) is 3. The number of rotatable bonds is 4. The zero-order valence-corrected chi connectivity index (χ0v) is 8.20. The monoisotopic (exact) mass is 177 g/mol. The quantitative estimate of drug-likeness (QED) is 0.660. The van der Waals surface area contributed by atoms with Crippen molar-refractivity contribution in [2.75, 3.05) is 0 Å². The van der Waals surface area contributed by atoms with Gasteiger partial charge >= 0.3 is 0 Å². The average Bonchev–Trinajstić information content (AvgIpc) is 2.61. The Balaban J connectivity index is 2.94. The summed E-state index contributed by atoms with van der Waals surface area (Å²) in [5.74, 6) is 0.979. The van der Waals surface area contributed by atoms with Crippen molar-refractivity contribution in [2.45, 2.75) is 26.7 Å². The van der Waals surface area contributed by atoms with E-state index in [9.17, 15) is 0 Å². The Morgan fingerprint density at radius 2 is 2.38 bits per heavy atom. The first-order valence-electron chi connectivity index (χ1n) is 4.53. The first-order chi connectivity index (χ1) is 6.31. The molecule has 0 bridgehead atoms. The van der Waals surface area contributed by atoms with Crippen molar-refractivity contribution in [3.63, 3.8) is 0 Å². The average molecular weight is 177 g/mol. The molecule has 1 rings (SSSR count).